The maximum absolute atomic E-state index is 3.50. The van der Waals surface area contributed by atoms with E-state index in [1.807, 2.05) is 0 Å². The van der Waals surface area contributed by atoms with Gasteiger partial charge in [-0.2, -0.15) is 0 Å². The molecule has 0 bridgehead atoms. The quantitative estimate of drug-likeness (QED) is 0.660. The van der Waals surface area contributed by atoms with Crippen LogP contribution >= 0.6 is 0 Å². The van der Waals surface area contributed by atoms with Gasteiger partial charge in [-0.1, -0.05) is 13.8 Å². The third kappa shape index (κ3) is 1.40. The van der Waals surface area contributed by atoms with E-state index in [4.69, 9.17) is 0 Å². The fraction of sp³-hybridized carbons (Fsp3) is 1.00. The molecule has 2 unspecified atom stereocenters. The van der Waals surface area contributed by atoms with Gasteiger partial charge in [0.1, 0.15) is 0 Å². The molecule has 13 heavy (non-hydrogen) atoms. The molecule has 0 amide bonds. The molecule has 0 aromatic carbocycles. The van der Waals surface area contributed by atoms with Crippen LogP contribution in [0.3, 0.4) is 0 Å². The first-order valence-corrected chi connectivity index (χ1v) is 5.59. The van der Waals surface area contributed by atoms with E-state index in [9.17, 15) is 0 Å². The topological polar surface area (TPSA) is 15.3 Å². The number of nitrogens with zero attached hydrogens (tertiary/aromatic N) is 1. The smallest absolute Gasteiger partial charge is 0.0346 e. The summed E-state index contributed by atoms with van der Waals surface area (Å²) in [7, 11) is 2.32. The highest BCUT2D eigenvalue weighted by molar-refractivity contribution is 5.04. The molecule has 2 fully saturated rings. The molecular formula is C11H22N2. The van der Waals surface area contributed by atoms with Crippen molar-refractivity contribution in [2.24, 2.45) is 5.92 Å². The molecular weight excluding hydrogens is 160 g/mol. The van der Waals surface area contributed by atoms with Crippen LogP contribution in [0.15, 0.2) is 0 Å². The average Bonchev–Trinajstić information content (AvgIpc) is 2.64. The van der Waals surface area contributed by atoms with E-state index in [1.54, 1.807) is 0 Å². The first-order chi connectivity index (χ1) is 6.16. The summed E-state index contributed by atoms with van der Waals surface area (Å²) in [4.78, 5) is 2.65. The molecule has 0 saturated carbocycles. The van der Waals surface area contributed by atoms with Crippen molar-refractivity contribution in [1.29, 1.82) is 0 Å². The molecule has 0 radical (unpaired) electrons. The number of hydrogen-bond donors (Lipinski definition) is 1. The van der Waals surface area contributed by atoms with Gasteiger partial charge in [-0.25, -0.2) is 0 Å². The Balaban J connectivity index is 2.09. The molecule has 0 aromatic heterocycles. The molecule has 2 aliphatic heterocycles. The van der Waals surface area contributed by atoms with E-state index in [0.717, 1.165) is 12.0 Å². The molecule has 2 heterocycles. The summed E-state index contributed by atoms with van der Waals surface area (Å²) in [5, 5.41) is 3.50. The Kier molecular flexibility index (Phi) is 2.37. The zero-order valence-corrected chi connectivity index (χ0v) is 9.14. The summed E-state index contributed by atoms with van der Waals surface area (Å²) in [6, 6.07) is 0.819. The third-order valence-electron chi connectivity index (χ3n) is 4.14. The van der Waals surface area contributed by atoms with Crippen molar-refractivity contribution in [3.8, 4) is 0 Å². The van der Waals surface area contributed by atoms with Gasteiger partial charge in [0, 0.05) is 18.1 Å². The van der Waals surface area contributed by atoms with Gasteiger partial charge in [0.05, 0.1) is 0 Å². The Hall–Kier alpha value is -0.0800. The van der Waals surface area contributed by atoms with Crippen LogP contribution < -0.4 is 5.32 Å². The summed E-state index contributed by atoms with van der Waals surface area (Å²) in [6.45, 7) is 7.13. The van der Waals surface area contributed by atoms with Gasteiger partial charge in [-0.3, -0.25) is 4.90 Å². The van der Waals surface area contributed by atoms with E-state index in [0.29, 0.717) is 5.54 Å². The van der Waals surface area contributed by atoms with Crippen LogP contribution in [0, 0.1) is 5.92 Å². The Bertz CT molecular complexity index is 183. The minimum atomic E-state index is 0.523. The maximum atomic E-state index is 3.50. The van der Waals surface area contributed by atoms with Crippen LogP contribution in [-0.4, -0.2) is 36.6 Å². The van der Waals surface area contributed by atoms with E-state index in [-0.39, 0.29) is 0 Å². The van der Waals surface area contributed by atoms with Crippen molar-refractivity contribution in [2.75, 3.05) is 20.1 Å². The van der Waals surface area contributed by atoms with Crippen LogP contribution in [-0.2, 0) is 0 Å². The Labute approximate surface area is 81.7 Å². The summed E-state index contributed by atoms with van der Waals surface area (Å²) in [5.74, 6) is 0.810. The Morgan fingerprint density at radius 2 is 2.15 bits per heavy atom. The van der Waals surface area contributed by atoms with Crippen LogP contribution in [0.4, 0.5) is 0 Å². The second-order valence-electron chi connectivity index (χ2n) is 5.11. The summed E-state index contributed by atoms with van der Waals surface area (Å²) < 4.78 is 0. The summed E-state index contributed by atoms with van der Waals surface area (Å²) in [6.07, 6.45) is 4.15. The van der Waals surface area contributed by atoms with Crippen molar-refractivity contribution in [1.82, 2.24) is 10.2 Å². The summed E-state index contributed by atoms with van der Waals surface area (Å²) in [5.41, 5.74) is 0.523. The lowest BCUT2D eigenvalue weighted by atomic mass is 9.96. The maximum Gasteiger partial charge on any atom is 0.0346 e. The van der Waals surface area contributed by atoms with Crippen LogP contribution in [0.25, 0.3) is 0 Å². The van der Waals surface area contributed by atoms with Gasteiger partial charge in [-0.15, -0.1) is 0 Å². The van der Waals surface area contributed by atoms with Crippen molar-refractivity contribution in [3.63, 3.8) is 0 Å². The number of likely N-dealkylation sites (tertiary alicyclic amines) is 1. The number of hydrogen-bond acceptors (Lipinski definition) is 2. The fourth-order valence-electron chi connectivity index (χ4n) is 3.16. The fourth-order valence-corrected chi connectivity index (χ4v) is 3.16. The first kappa shape index (κ1) is 9.47. The zero-order valence-electron chi connectivity index (χ0n) is 9.14. The standard InChI is InChI=1S/C11H22N2/c1-9(2)10-4-5-11(13(10)3)6-7-12-8-11/h9-10,12H,4-8H2,1-3H3. The van der Waals surface area contributed by atoms with E-state index in [1.165, 1.54) is 32.4 Å². The SMILES string of the molecule is CC(C)C1CCC2(CCNC2)N1C. The molecule has 1 spiro atoms. The van der Waals surface area contributed by atoms with Crippen LogP contribution in [0.1, 0.15) is 33.1 Å². The van der Waals surface area contributed by atoms with Gasteiger partial charge < -0.3 is 5.32 Å². The molecule has 1 N–H and O–H groups in total. The normalized spacial score (nSPS) is 41.1. The Morgan fingerprint density at radius 1 is 1.38 bits per heavy atom. The molecule has 2 atom stereocenters. The molecule has 2 rings (SSSR count). The van der Waals surface area contributed by atoms with Crippen LogP contribution in [0.2, 0.25) is 0 Å². The predicted molar refractivity (Wildman–Crippen MR) is 55.8 cm³/mol. The molecule has 76 valence electrons. The third-order valence-corrected chi connectivity index (χ3v) is 4.14. The molecule has 2 saturated heterocycles. The Morgan fingerprint density at radius 3 is 2.62 bits per heavy atom. The monoisotopic (exact) mass is 182 g/mol. The van der Waals surface area contributed by atoms with Gasteiger partial charge in [0.25, 0.3) is 0 Å². The second-order valence-corrected chi connectivity index (χ2v) is 5.11. The highest BCUT2D eigenvalue weighted by atomic mass is 15.3. The largest absolute Gasteiger partial charge is 0.315 e. The molecule has 2 aliphatic rings. The van der Waals surface area contributed by atoms with Crippen molar-refractivity contribution < 1.29 is 0 Å². The van der Waals surface area contributed by atoms with E-state index < -0.39 is 0 Å². The van der Waals surface area contributed by atoms with Crippen molar-refractivity contribution in [3.05, 3.63) is 0 Å². The van der Waals surface area contributed by atoms with Gasteiger partial charge >= 0.3 is 0 Å². The number of likely N-dealkylation sites (N-methyl/N-ethyl adjacent to an activating group) is 1. The number of nitrogens with one attached hydrogen (secondary N) is 1. The first-order valence-electron chi connectivity index (χ1n) is 5.59. The highest BCUT2D eigenvalue weighted by Crippen LogP contribution is 2.39. The minimum absolute atomic E-state index is 0.523. The predicted octanol–water partition coefficient (Wildman–Crippen LogP) is 1.47. The lowest BCUT2D eigenvalue weighted by Crippen LogP contribution is -2.47. The minimum Gasteiger partial charge on any atom is -0.315 e. The molecule has 0 aliphatic carbocycles. The highest BCUT2D eigenvalue weighted by Gasteiger charge is 2.46. The number of rotatable bonds is 1. The average molecular weight is 182 g/mol. The lowest BCUT2D eigenvalue weighted by molar-refractivity contribution is 0.127. The molecule has 2 nitrogen and oxygen atoms in total. The van der Waals surface area contributed by atoms with E-state index >= 15 is 0 Å². The zero-order chi connectivity index (χ0) is 9.47. The van der Waals surface area contributed by atoms with Crippen molar-refractivity contribution in [2.45, 2.75) is 44.7 Å². The van der Waals surface area contributed by atoms with E-state index in [2.05, 4.69) is 31.1 Å². The second kappa shape index (κ2) is 3.25. The van der Waals surface area contributed by atoms with Crippen molar-refractivity contribution >= 4 is 0 Å². The van der Waals surface area contributed by atoms with Gasteiger partial charge in [0.2, 0.25) is 0 Å². The van der Waals surface area contributed by atoms with Gasteiger partial charge in [0.15, 0.2) is 0 Å². The van der Waals surface area contributed by atoms with Gasteiger partial charge in [-0.05, 0) is 38.8 Å². The van der Waals surface area contributed by atoms with Crippen LogP contribution in [0.5, 0.6) is 0 Å². The molecule has 2 heteroatoms. The molecule has 0 aromatic rings. The lowest BCUT2D eigenvalue weighted by Gasteiger charge is -2.36. The summed E-state index contributed by atoms with van der Waals surface area (Å²) >= 11 is 0.